The van der Waals surface area contributed by atoms with Crippen molar-refractivity contribution in [2.45, 2.75) is 39.8 Å². The van der Waals surface area contributed by atoms with Crippen molar-refractivity contribution in [1.82, 2.24) is 24.6 Å². The molecule has 0 aliphatic carbocycles. The van der Waals surface area contributed by atoms with E-state index in [1.54, 1.807) is 31.2 Å². The second kappa shape index (κ2) is 8.93. The first-order valence-electron chi connectivity index (χ1n) is 9.82. The van der Waals surface area contributed by atoms with Crippen LogP contribution >= 0.6 is 11.3 Å². The molecule has 0 unspecified atom stereocenters. The summed E-state index contributed by atoms with van der Waals surface area (Å²) in [6.45, 7) is 8.92. The van der Waals surface area contributed by atoms with Crippen LogP contribution in [0.25, 0.3) is 10.8 Å². The fraction of sp³-hybridized carbons (Fsp3) is 0.429. The van der Waals surface area contributed by atoms with Gasteiger partial charge in [-0.3, -0.25) is 4.79 Å². The molecule has 3 aromatic rings. The molecule has 1 N–H and O–H groups in total. The molecule has 3 rings (SSSR count). The lowest BCUT2D eigenvalue weighted by Gasteiger charge is -2.19. The zero-order valence-electron chi connectivity index (χ0n) is 17.9. The van der Waals surface area contributed by atoms with E-state index in [-0.39, 0.29) is 5.91 Å². The van der Waals surface area contributed by atoms with Gasteiger partial charge in [-0.15, -0.1) is 21.5 Å². The molecule has 2 heterocycles. The lowest BCUT2D eigenvalue weighted by molar-refractivity contribution is 0.0648. The van der Waals surface area contributed by atoms with Crippen molar-refractivity contribution in [3.8, 4) is 16.6 Å². The van der Waals surface area contributed by atoms with Crippen LogP contribution in [-0.4, -0.2) is 55.9 Å². The quantitative estimate of drug-likeness (QED) is 0.591. The summed E-state index contributed by atoms with van der Waals surface area (Å²) in [4.78, 5) is 18.9. The number of carbonyl (C=O) groups excluding carboxylic acids is 1. The number of methoxy groups -OCH3 is 1. The number of aliphatic hydroxyl groups is 1. The fourth-order valence-electron chi connectivity index (χ4n) is 3.12. The van der Waals surface area contributed by atoms with E-state index in [1.165, 1.54) is 11.3 Å². The molecule has 30 heavy (non-hydrogen) atoms. The van der Waals surface area contributed by atoms with Crippen LogP contribution in [0.5, 0.6) is 5.75 Å². The molecule has 2 aromatic heterocycles. The normalized spacial score (nSPS) is 11.5. The number of amides is 1. The summed E-state index contributed by atoms with van der Waals surface area (Å²) >= 11 is 1.34. The van der Waals surface area contributed by atoms with Gasteiger partial charge < -0.3 is 19.3 Å². The smallest absolute Gasteiger partial charge is 0.273 e. The Morgan fingerprint density at radius 2 is 1.87 bits per heavy atom. The van der Waals surface area contributed by atoms with Crippen molar-refractivity contribution < 1.29 is 14.6 Å². The first-order chi connectivity index (χ1) is 14.3. The van der Waals surface area contributed by atoms with Crippen molar-refractivity contribution in [3.05, 3.63) is 46.7 Å². The first-order valence-corrected chi connectivity index (χ1v) is 10.7. The van der Waals surface area contributed by atoms with Gasteiger partial charge in [0.15, 0.2) is 16.7 Å². The minimum absolute atomic E-state index is 0.105. The van der Waals surface area contributed by atoms with Crippen molar-refractivity contribution in [3.63, 3.8) is 0 Å². The third-order valence-corrected chi connectivity index (χ3v) is 5.60. The number of carbonyl (C=O) groups is 1. The number of nitrogens with zero attached hydrogens (tertiary/aromatic N) is 5. The zero-order valence-corrected chi connectivity index (χ0v) is 18.7. The summed E-state index contributed by atoms with van der Waals surface area (Å²) < 4.78 is 7.06. The molecule has 9 heteroatoms. The van der Waals surface area contributed by atoms with Crippen molar-refractivity contribution in [1.29, 1.82) is 0 Å². The maximum atomic E-state index is 12.6. The largest absolute Gasteiger partial charge is 0.497 e. The van der Waals surface area contributed by atoms with E-state index in [0.717, 1.165) is 11.3 Å². The average molecular weight is 430 g/mol. The Bertz CT molecular complexity index is 1000. The number of rotatable bonds is 8. The predicted octanol–water partition coefficient (Wildman–Crippen LogP) is 3.17. The number of hydrogen-bond acceptors (Lipinski definition) is 7. The van der Waals surface area contributed by atoms with E-state index in [9.17, 15) is 9.90 Å². The van der Waals surface area contributed by atoms with Gasteiger partial charge in [0.05, 0.1) is 13.7 Å². The molecule has 160 valence electrons. The molecular formula is C21H27N5O3S. The Labute approximate surface area is 180 Å². The van der Waals surface area contributed by atoms with Gasteiger partial charge in [-0.25, -0.2) is 4.98 Å². The molecule has 0 radical (unpaired) electrons. The second-order valence-electron chi connectivity index (χ2n) is 7.36. The molecular weight excluding hydrogens is 402 g/mol. The van der Waals surface area contributed by atoms with Crippen LogP contribution in [0.1, 0.15) is 49.6 Å². The fourth-order valence-corrected chi connectivity index (χ4v) is 3.91. The topological polar surface area (TPSA) is 93.4 Å². The number of ether oxygens (including phenoxy) is 1. The Morgan fingerprint density at radius 3 is 2.43 bits per heavy atom. The number of hydrogen-bond donors (Lipinski definition) is 1. The highest BCUT2D eigenvalue weighted by Gasteiger charge is 2.28. The van der Waals surface area contributed by atoms with E-state index in [2.05, 4.69) is 15.2 Å². The van der Waals surface area contributed by atoms with Crippen LogP contribution in [0.15, 0.2) is 29.6 Å². The molecule has 8 nitrogen and oxygen atoms in total. The highest BCUT2D eigenvalue weighted by atomic mass is 32.1. The van der Waals surface area contributed by atoms with Crippen molar-refractivity contribution in [2.75, 3.05) is 20.2 Å². The highest BCUT2D eigenvalue weighted by molar-refractivity contribution is 7.13. The summed E-state index contributed by atoms with van der Waals surface area (Å²) in [5.74, 6) is 1.61. The summed E-state index contributed by atoms with van der Waals surface area (Å²) in [5.41, 5.74) is 0.204. The Hall–Kier alpha value is -2.78. The van der Waals surface area contributed by atoms with Crippen molar-refractivity contribution in [2.24, 2.45) is 0 Å². The average Bonchev–Trinajstić information content (AvgIpc) is 3.36. The first kappa shape index (κ1) is 21.9. The van der Waals surface area contributed by atoms with Gasteiger partial charge in [-0.1, -0.05) is 12.1 Å². The van der Waals surface area contributed by atoms with E-state index in [4.69, 9.17) is 4.74 Å². The van der Waals surface area contributed by atoms with E-state index in [0.29, 0.717) is 42.0 Å². The zero-order chi connectivity index (χ0) is 21.9. The van der Waals surface area contributed by atoms with Gasteiger partial charge >= 0.3 is 0 Å². The molecule has 1 aromatic carbocycles. The lowest BCUT2D eigenvalue weighted by atomic mass is 10.1. The second-order valence-corrected chi connectivity index (χ2v) is 8.21. The number of benzene rings is 1. The van der Waals surface area contributed by atoms with Crippen LogP contribution in [0.2, 0.25) is 0 Å². The van der Waals surface area contributed by atoms with Crippen LogP contribution in [-0.2, 0) is 12.1 Å². The maximum Gasteiger partial charge on any atom is 0.273 e. The van der Waals surface area contributed by atoms with Gasteiger partial charge in [0.1, 0.15) is 17.0 Å². The molecule has 0 spiro atoms. The Morgan fingerprint density at radius 1 is 1.20 bits per heavy atom. The van der Waals surface area contributed by atoms with E-state index < -0.39 is 5.60 Å². The number of aromatic nitrogens is 4. The number of thiazole rings is 1. The summed E-state index contributed by atoms with van der Waals surface area (Å²) in [7, 11) is 1.62. The Kier molecular flexibility index (Phi) is 6.52. The van der Waals surface area contributed by atoms with Gasteiger partial charge in [0, 0.05) is 18.5 Å². The van der Waals surface area contributed by atoms with Crippen LogP contribution in [0.3, 0.4) is 0 Å². The van der Waals surface area contributed by atoms with Gasteiger partial charge in [-0.05, 0) is 45.4 Å². The third kappa shape index (κ3) is 4.52. The van der Waals surface area contributed by atoms with Crippen LogP contribution in [0, 0.1) is 0 Å². The van der Waals surface area contributed by atoms with Crippen LogP contribution < -0.4 is 4.74 Å². The van der Waals surface area contributed by atoms with E-state index in [1.807, 2.05) is 42.7 Å². The SMILES string of the molecule is CCN(CC)C(=O)c1csc(-c2nnc(C(C)(C)O)n2Cc2ccc(OC)cc2)n1. The Balaban J connectivity index is 1.99. The standard InChI is InChI=1S/C21H27N5O3S/c1-6-25(7-2)19(27)16-13-30-18(22-16)17-23-24-20(21(3,4)28)26(17)12-14-8-10-15(29-5)11-9-14/h8-11,13,28H,6-7,12H2,1-5H3. The summed E-state index contributed by atoms with van der Waals surface area (Å²) in [5, 5.41) is 21.4. The molecule has 0 aliphatic rings. The van der Waals surface area contributed by atoms with Crippen LogP contribution in [0.4, 0.5) is 0 Å². The van der Waals surface area contributed by atoms with Crippen molar-refractivity contribution >= 4 is 17.2 Å². The molecule has 0 aliphatic heterocycles. The molecule has 0 fully saturated rings. The highest BCUT2D eigenvalue weighted by Crippen LogP contribution is 2.28. The molecule has 1 amide bonds. The monoisotopic (exact) mass is 429 g/mol. The van der Waals surface area contributed by atoms with Gasteiger partial charge in [-0.2, -0.15) is 0 Å². The predicted molar refractivity (Wildman–Crippen MR) is 116 cm³/mol. The minimum atomic E-state index is -1.19. The summed E-state index contributed by atoms with van der Waals surface area (Å²) in [6.07, 6.45) is 0. The molecule has 0 saturated carbocycles. The maximum absolute atomic E-state index is 12.6. The van der Waals surface area contributed by atoms with Gasteiger partial charge in [0.2, 0.25) is 0 Å². The molecule has 0 bridgehead atoms. The minimum Gasteiger partial charge on any atom is -0.497 e. The van der Waals surface area contributed by atoms with E-state index >= 15 is 0 Å². The van der Waals surface area contributed by atoms with Gasteiger partial charge in [0.25, 0.3) is 5.91 Å². The molecule has 0 atom stereocenters. The molecule has 0 saturated heterocycles. The lowest BCUT2D eigenvalue weighted by Crippen LogP contribution is -2.30. The summed E-state index contributed by atoms with van der Waals surface area (Å²) in [6, 6.07) is 7.67. The third-order valence-electron chi connectivity index (χ3n) is 4.76.